The molecule has 0 bridgehead atoms. The molecular weight excluding hydrogens is 182 g/mol. The first kappa shape index (κ1) is 11.5. The van der Waals surface area contributed by atoms with E-state index in [1.54, 1.807) is 0 Å². The van der Waals surface area contributed by atoms with Crippen molar-refractivity contribution >= 4 is 5.97 Å². The average molecular weight is 201 g/mol. The third-order valence-corrected chi connectivity index (χ3v) is 2.49. The predicted octanol–water partition coefficient (Wildman–Crippen LogP) is 0.866. The Kier molecular flexibility index (Phi) is 4.90. The molecule has 4 nitrogen and oxygen atoms in total. The second-order valence-electron chi connectivity index (χ2n) is 3.99. The summed E-state index contributed by atoms with van der Waals surface area (Å²) in [5.74, 6) is -0.190. The number of hydrogen-bond acceptors (Lipinski definition) is 3. The molecule has 0 spiro atoms. The van der Waals surface area contributed by atoms with Crippen molar-refractivity contribution in [2.75, 3.05) is 19.8 Å². The Morgan fingerprint density at radius 1 is 1.71 bits per heavy atom. The van der Waals surface area contributed by atoms with Gasteiger partial charge in [-0.25, -0.2) is 0 Å². The predicted molar refractivity (Wildman–Crippen MR) is 53.3 cm³/mol. The molecule has 1 heterocycles. The number of rotatable bonds is 5. The zero-order valence-corrected chi connectivity index (χ0v) is 8.66. The van der Waals surface area contributed by atoms with Gasteiger partial charge in [0.15, 0.2) is 0 Å². The monoisotopic (exact) mass is 201 g/mol. The molecule has 1 rings (SSSR count). The van der Waals surface area contributed by atoms with Crippen LogP contribution < -0.4 is 5.32 Å². The topological polar surface area (TPSA) is 58.6 Å². The van der Waals surface area contributed by atoms with Crippen molar-refractivity contribution in [3.05, 3.63) is 0 Å². The summed E-state index contributed by atoms with van der Waals surface area (Å²) >= 11 is 0. The lowest BCUT2D eigenvalue weighted by molar-refractivity contribution is -0.137. The highest BCUT2D eigenvalue weighted by Crippen LogP contribution is 2.12. The zero-order valence-electron chi connectivity index (χ0n) is 8.66. The van der Waals surface area contributed by atoms with E-state index in [-0.39, 0.29) is 12.5 Å². The second-order valence-corrected chi connectivity index (χ2v) is 3.99. The van der Waals surface area contributed by atoms with Gasteiger partial charge in [-0.05, 0) is 25.7 Å². The molecule has 4 heteroatoms. The minimum Gasteiger partial charge on any atom is -0.481 e. The summed E-state index contributed by atoms with van der Waals surface area (Å²) < 4.78 is 5.34. The van der Waals surface area contributed by atoms with Crippen LogP contribution in [0.5, 0.6) is 0 Å². The van der Waals surface area contributed by atoms with Crippen LogP contribution >= 0.6 is 0 Å². The van der Waals surface area contributed by atoms with Crippen molar-refractivity contribution < 1.29 is 14.6 Å². The maximum absolute atomic E-state index is 10.4. The molecule has 82 valence electrons. The molecule has 0 amide bonds. The number of carboxylic acids is 1. The molecule has 2 atom stereocenters. The number of ether oxygens (including phenoxy) is 1. The Hall–Kier alpha value is -0.610. The summed E-state index contributed by atoms with van der Waals surface area (Å²) in [4.78, 5) is 10.4. The van der Waals surface area contributed by atoms with Crippen LogP contribution in [-0.2, 0) is 9.53 Å². The van der Waals surface area contributed by atoms with Gasteiger partial charge in [-0.3, -0.25) is 4.79 Å². The van der Waals surface area contributed by atoms with Crippen molar-refractivity contribution in [2.45, 2.75) is 32.2 Å². The lowest BCUT2D eigenvalue weighted by atomic mass is 10.0. The Morgan fingerprint density at radius 3 is 3.07 bits per heavy atom. The maximum atomic E-state index is 10.4. The molecule has 1 aliphatic heterocycles. The van der Waals surface area contributed by atoms with Gasteiger partial charge < -0.3 is 15.2 Å². The standard InChI is InChI=1S/C10H19NO3/c1-8(5-10(12)13)11-6-9-3-2-4-14-7-9/h8-9,11H,2-7H2,1H3,(H,12,13). The van der Waals surface area contributed by atoms with Gasteiger partial charge in [0.05, 0.1) is 13.0 Å². The minimum atomic E-state index is -0.745. The molecule has 0 aromatic rings. The molecular formula is C10H19NO3. The van der Waals surface area contributed by atoms with Gasteiger partial charge in [0, 0.05) is 19.2 Å². The van der Waals surface area contributed by atoms with E-state index in [2.05, 4.69) is 5.32 Å². The summed E-state index contributed by atoms with van der Waals surface area (Å²) in [6.45, 7) is 4.46. The second kappa shape index (κ2) is 5.98. The first-order chi connectivity index (χ1) is 6.68. The molecule has 0 radical (unpaired) electrons. The fourth-order valence-corrected chi connectivity index (χ4v) is 1.67. The van der Waals surface area contributed by atoms with E-state index in [1.807, 2.05) is 6.92 Å². The zero-order chi connectivity index (χ0) is 10.4. The van der Waals surface area contributed by atoms with Crippen LogP contribution in [-0.4, -0.2) is 36.9 Å². The van der Waals surface area contributed by atoms with Gasteiger partial charge in [0.2, 0.25) is 0 Å². The molecule has 0 aliphatic carbocycles. The third kappa shape index (κ3) is 4.58. The van der Waals surface area contributed by atoms with Crippen molar-refractivity contribution in [1.29, 1.82) is 0 Å². The Morgan fingerprint density at radius 2 is 2.50 bits per heavy atom. The van der Waals surface area contributed by atoms with E-state index >= 15 is 0 Å². The van der Waals surface area contributed by atoms with Crippen LogP contribution in [0.25, 0.3) is 0 Å². The molecule has 1 fully saturated rings. The normalized spacial score (nSPS) is 24.5. The van der Waals surface area contributed by atoms with Gasteiger partial charge in [0.25, 0.3) is 0 Å². The Balaban J connectivity index is 2.09. The maximum Gasteiger partial charge on any atom is 0.304 e. The van der Waals surface area contributed by atoms with Crippen LogP contribution in [0.4, 0.5) is 0 Å². The summed E-state index contributed by atoms with van der Waals surface area (Å²) in [6.07, 6.45) is 2.50. The van der Waals surface area contributed by atoms with Gasteiger partial charge in [-0.2, -0.15) is 0 Å². The smallest absolute Gasteiger partial charge is 0.304 e. The minimum absolute atomic E-state index is 0.0504. The number of aliphatic carboxylic acids is 1. The first-order valence-corrected chi connectivity index (χ1v) is 5.21. The highest BCUT2D eigenvalue weighted by molar-refractivity contribution is 5.67. The summed E-state index contributed by atoms with van der Waals surface area (Å²) in [5.41, 5.74) is 0. The van der Waals surface area contributed by atoms with Crippen molar-refractivity contribution in [3.8, 4) is 0 Å². The quantitative estimate of drug-likeness (QED) is 0.693. The Bertz CT molecular complexity index is 178. The van der Waals surface area contributed by atoms with Crippen molar-refractivity contribution in [2.24, 2.45) is 5.92 Å². The highest BCUT2D eigenvalue weighted by atomic mass is 16.5. The van der Waals surface area contributed by atoms with E-state index in [9.17, 15) is 4.79 Å². The number of carboxylic acid groups (broad SMARTS) is 1. The SMILES string of the molecule is CC(CC(=O)O)NCC1CCCOC1. The third-order valence-electron chi connectivity index (χ3n) is 2.49. The van der Waals surface area contributed by atoms with E-state index in [4.69, 9.17) is 9.84 Å². The van der Waals surface area contributed by atoms with Gasteiger partial charge in [-0.15, -0.1) is 0 Å². The highest BCUT2D eigenvalue weighted by Gasteiger charge is 2.15. The summed E-state index contributed by atoms with van der Waals surface area (Å²) in [7, 11) is 0. The number of hydrogen-bond donors (Lipinski definition) is 2. The van der Waals surface area contributed by atoms with E-state index in [0.717, 1.165) is 26.2 Å². The first-order valence-electron chi connectivity index (χ1n) is 5.21. The van der Waals surface area contributed by atoms with Gasteiger partial charge in [-0.1, -0.05) is 0 Å². The molecule has 14 heavy (non-hydrogen) atoms. The van der Waals surface area contributed by atoms with Crippen LogP contribution in [0.1, 0.15) is 26.2 Å². The molecule has 1 saturated heterocycles. The average Bonchev–Trinajstić information content (AvgIpc) is 2.15. The molecule has 0 aromatic carbocycles. The van der Waals surface area contributed by atoms with E-state index in [0.29, 0.717) is 5.92 Å². The molecule has 0 saturated carbocycles. The van der Waals surface area contributed by atoms with Crippen LogP contribution in [0, 0.1) is 5.92 Å². The van der Waals surface area contributed by atoms with Crippen LogP contribution in [0.15, 0.2) is 0 Å². The number of carbonyl (C=O) groups is 1. The molecule has 1 aliphatic rings. The summed E-state index contributed by atoms with van der Waals surface area (Å²) in [6, 6.07) is 0.0504. The van der Waals surface area contributed by atoms with Crippen LogP contribution in [0.3, 0.4) is 0 Å². The van der Waals surface area contributed by atoms with E-state index < -0.39 is 5.97 Å². The fraction of sp³-hybridized carbons (Fsp3) is 0.900. The summed E-state index contributed by atoms with van der Waals surface area (Å²) in [5, 5.41) is 11.8. The molecule has 0 aromatic heterocycles. The largest absolute Gasteiger partial charge is 0.481 e. The Labute approximate surface area is 84.6 Å². The lowest BCUT2D eigenvalue weighted by Gasteiger charge is -2.23. The number of nitrogens with one attached hydrogen (secondary N) is 1. The van der Waals surface area contributed by atoms with E-state index in [1.165, 1.54) is 6.42 Å². The molecule has 2 unspecified atom stereocenters. The molecule has 2 N–H and O–H groups in total. The van der Waals surface area contributed by atoms with Gasteiger partial charge >= 0.3 is 5.97 Å². The lowest BCUT2D eigenvalue weighted by Crippen LogP contribution is -2.35. The van der Waals surface area contributed by atoms with Crippen molar-refractivity contribution in [3.63, 3.8) is 0 Å². The van der Waals surface area contributed by atoms with Crippen LogP contribution in [0.2, 0.25) is 0 Å². The van der Waals surface area contributed by atoms with Gasteiger partial charge in [0.1, 0.15) is 0 Å². The fourth-order valence-electron chi connectivity index (χ4n) is 1.67. The van der Waals surface area contributed by atoms with Crippen molar-refractivity contribution in [1.82, 2.24) is 5.32 Å².